The highest BCUT2D eigenvalue weighted by Crippen LogP contribution is 2.34. The highest BCUT2D eigenvalue weighted by atomic mass is 32.2. The minimum Gasteiger partial charge on any atom is -0.477 e. The summed E-state index contributed by atoms with van der Waals surface area (Å²) < 4.78 is 35.6. The Morgan fingerprint density at radius 2 is 1.44 bits per heavy atom. The number of aryl methyl sites for hydroxylation is 3. The van der Waals surface area contributed by atoms with E-state index in [1.807, 2.05) is 79.7 Å². The molecular weight excluding hydrogens is 562 g/mol. The van der Waals surface area contributed by atoms with Crippen LogP contribution in [-0.4, -0.2) is 43.7 Å². The summed E-state index contributed by atoms with van der Waals surface area (Å²) in [4.78, 5) is 28.9. The maximum atomic E-state index is 14.2. The number of para-hydroxylation sites is 2. The van der Waals surface area contributed by atoms with Crippen molar-refractivity contribution in [2.45, 2.75) is 44.9 Å². The SMILES string of the molecule is Cc1cc(C)c(S(=O)(=O)N(CC(=O)N2C[C@H](C(=O)NCc3ccccc3)Oc3ccccc32)Cc2ccccc2)c(C)c1. The fraction of sp³-hybridized carbons (Fsp3) is 0.235. The normalized spacial score (nSPS) is 14.6. The van der Waals surface area contributed by atoms with Crippen LogP contribution in [0.3, 0.4) is 0 Å². The second-order valence-corrected chi connectivity index (χ2v) is 12.6. The number of rotatable bonds is 9. The van der Waals surface area contributed by atoms with Crippen molar-refractivity contribution in [2.24, 2.45) is 0 Å². The molecule has 0 bridgehead atoms. The summed E-state index contributed by atoms with van der Waals surface area (Å²) in [6, 6.07) is 29.3. The molecule has 1 aliphatic heterocycles. The second-order valence-electron chi connectivity index (χ2n) is 10.8. The van der Waals surface area contributed by atoms with E-state index in [2.05, 4.69) is 5.32 Å². The zero-order valence-electron chi connectivity index (χ0n) is 24.5. The van der Waals surface area contributed by atoms with Crippen LogP contribution in [0.4, 0.5) is 5.69 Å². The third kappa shape index (κ3) is 6.79. The average molecular weight is 598 g/mol. The van der Waals surface area contributed by atoms with Gasteiger partial charge in [0.1, 0.15) is 5.75 Å². The molecule has 1 aliphatic rings. The molecule has 4 aromatic carbocycles. The molecule has 4 aromatic rings. The predicted molar refractivity (Wildman–Crippen MR) is 166 cm³/mol. The van der Waals surface area contributed by atoms with Crippen LogP contribution in [0.5, 0.6) is 5.75 Å². The van der Waals surface area contributed by atoms with E-state index in [4.69, 9.17) is 4.74 Å². The number of fused-ring (bicyclic) bond motifs is 1. The quantitative estimate of drug-likeness (QED) is 0.296. The summed E-state index contributed by atoms with van der Waals surface area (Å²) in [5, 5.41) is 2.89. The van der Waals surface area contributed by atoms with E-state index in [0.29, 0.717) is 29.1 Å². The lowest BCUT2D eigenvalue weighted by atomic mass is 10.1. The number of sulfonamides is 1. The number of carbonyl (C=O) groups excluding carboxylic acids is 2. The minimum atomic E-state index is -4.08. The molecule has 1 atom stereocenters. The largest absolute Gasteiger partial charge is 0.477 e. The smallest absolute Gasteiger partial charge is 0.263 e. The number of ether oxygens (including phenoxy) is 1. The first kappa shape index (κ1) is 30.0. The van der Waals surface area contributed by atoms with Gasteiger partial charge in [-0.15, -0.1) is 0 Å². The van der Waals surface area contributed by atoms with Gasteiger partial charge >= 0.3 is 0 Å². The molecule has 0 unspecified atom stereocenters. The van der Waals surface area contributed by atoms with Crippen molar-refractivity contribution >= 4 is 27.5 Å². The van der Waals surface area contributed by atoms with Gasteiger partial charge in [-0.25, -0.2) is 8.42 Å². The van der Waals surface area contributed by atoms with Gasteiger partial charge in [-0.1, -0.05) is 90.5 Å². The maximum Gasteiger partial charge on any atom is 0.263 e. The molecule has 1 N–H and O–H groups in total. The van der Waals surface area contributed by atoms with Crippen molar-refractivity contribution in [3.05, 3.63) is 125 Å². The first-order valence-corrected chi connectivity index (χ1v) is 15.6. The van der Waals surface area contributed by atoms with Gasteiger partial charge in [-0.05, 0) is 55.2 Å². The van der Waals surface area contributed by atoms with E-state index < -0.39 is 28.6 Å². The molecule has 222 valence electrons. The van der Waals surface area contributed by atoms with E-state index in [1.54, 1.807) is 38.1 Å². The molecule has 0 spiro atoms. The molecule has 8 nitrogen and oxygen atoms in total. The van der Waals surface area contributed by atoms with Crippen LogP contribution >= 0.6 is 0 Å². The van der Waals surface area contributed by atoms with E-state index in [0.717, 1.165) is 16.7 Å². The van der Waals surface area contributed by atoms with E-state index >= 15 is 0 Å². The van der Waals surface area contributed by atoms with Gasteiger partial charge in [-0.2, -0.15) is 4.31 Å². The Balaban J connectivity index is 1.44. The molecule has 0 saturated carbocycles. The fourth-order valence-electron chi connectivity index (χ4n) is 5.46. The van der Waals surface area contributed by atoms with Crippen molar-refractivity contribution in [2.75, 3.05) is 18.0 Å². The molecule has 0 radical (unpaired) electrons. The molecule has 5 rings (SSSR count). The Kier molecular flexibility index (Phi) is 8.94. The van der Waals surface area contributed by atoms with Gasteiger partial charge in [0.05, 0.1) is 23.7 Å². The number of amides is 2. The van der Waals surface area contributed by atoms with Crippen LogP contribution in [0.25, 0.3) is 0 Å². The Labute approximate surface area is 253 Å². The van der Waals surface area contributed by atoms with Crippen LogP contribution in [0.2, 0.25) is 0 Å². The van der Waals surface area contributed by atoms with Gasteiger partial charge in [-0.3, -0.25) is 9.59 Å². The summed E-state index contributed by atoms with van der Waals surface area (Å²) in [7, 11) is -4.08. The highest BCUT2D eigenvalue weighted by molar-refractivity contribution is 7.89. The van der Waals surface area contributed by atoms with Crippen LogP contribution in [-0.2, 0) is 32.7 Å². The number of carbonyl (C=O) groups is 2. The lowest BCUT2D eigenvalue weighted by Crippen LogP contribution is -2.52. The number of nitrogens with one attached hydrogen (secondary N) is 1. The molecule has 0 aromatic heterocycles. The molecule has 1 heterocycles. The Morgan fingerprint density at radius 3 is 2.09 bits per heavy atom. The summed E-state index contributed by atoms with van der Waals surface area (Å²) in [6.45, 7) is 5.31. The standard InChI is InChI=1S/C34H35N3O5S/c1-24-18-25(2)33(26(3)19-24)43(40,41)36(21-28-14-8-5-9-15-28)23-32(38)37-22-31(42-30-17-11-10-16-29(30)37)34(39)35-20-27-12-6-4-7-13-27/h4-19,31H,20-23H2,1-3H3,(H,35,39)/t31-/m1/s1. The summed E-state index contributed by atoms with van der Waals surface area (Å²) in [5.41, 5.74) is 4.37. The summed E-state index contributed by atoms with van der Waals surface area (Å²) >= 11 is 0. The maximum absolute atomic E-state index is 14.2. The van der Waals surface area contributed by atoms with Crippen molar-refractivity contribution in [1.29, 1.82) is 0 Å². The molecular formula is C34H35N3O5S. The summed E-state index contributed by atoms with van der Waals surface area (Å²) in [5.74, 6) is -0.445. The van der Waals surface area contributed by atoms with Crippen LogP contribution in [0, 0.1) is 20.8 Å². The van der Waals surface area contributed by atoms with Crippen molar-refractivity contribution in [3.63, 3.8) is 0 Å². The van der Waals surface area contributed by atoms with Crippen molar-refractivity contribution in [1.82, 2.24) is 9.62 Å². The summed E-state index contributed by atoms with van der Waals surface area (Å²) in [6.07, 6.45) is -0.969. The number of hydrogen-bond acceptors (Lipinski definition) is 5. The molecule has 0 fully saturated rings. The van der Waals surface area contributed by atoms with Gasteiger partial charge in [0.25, 0.3) is 5.91 Å². The van der Waals surface area contributed by atoms with Gasteiger partial charge in [0.15, 0.2) is 6.10 Å². The Hall–Kier alpha value is -4.47. The number of nitrogens with zero attached hydrogens (tertiary/aromatic N) is 2. The van der Waals surface area contributed by atoms with Crippen molar-refractivity contribution in [3.8, 4) is 5.75 Å². The molecule has 0 aliphatic carbocycles. The lowest BCUT2D eigenvalue weighted by Gasteiger charge is -2.35. The topological polar surface area (TPSA) is 96.0 Å². The first-order valence-electron chi connectivity index (χ1n) is 14.1. The molecule has 43 heavy (non-hydrogen) atoms. The van der Waals surface area contributed by atoms with Gasteiger partial charge in [0, 0.05) is 13.1 Å². The highest BCUT2D eigenvalue weighted by Gasteiger charge is 2.37. The van der Waals surface area contributed by atoms with Crippen LogP contribution in [0.15, 0.2) is 102 Å². The fourth-order valence-corrected chi connectivity index (χ4v) is 7.25. The minimum absolute atomic E-state index is 0.00858. The Bertz CT molecular complexity index is 1700. The predicted octanol–water partition coefficient (Wildman–Crippen LogP) is 4.91. The molecule has 9 heteroatoms. The molecule has 2 amide bonds. The van der Waals surface area contributed by atoms with Crippen LogP contribution < -0.4 is 15.0 Å². The van der Waals surface area contributed by atoms with Gasteiger partial charge in [0.2, 0.25) is 15.9 Å². The zero-order chi connectivity index (χ0) is 30.6. The number of hydrogen-bond donors (Lipinski definition) is 1. The lowest BCUT2D eigenvalue weighted by molar-refractivity contribution is -0.128. The average Bonchev–Trinajstić information content (AvgIpc) is 2.99. The van der Waals surface area contributed by atoms with E-state index in [9.17, 15) is 18.0 Å². The van der Waals surface area contributed by atoms with Crippen LogP contribution in [0.1, 0.15) is 27.8 Å². The monoisotopic (exact) mass is 597 g/mol. The first-order chi connectivity index (χ1) is 20.6. The third-order valence-corrected chi connectivity index (χ3v) is 9.49. The zero-order valence-corrected chi connectivity index (χ0v) is 25.3. The van der Waals surface area contributed by atoms with E-state index in [-0.39, 0.29) is 23.9 Å². The van der Waals surface area contributed by atoms with Gasteiger partial charge < -0.3 is 15.0 Å². The second kappa shape index (κ2) is 12.8. The number of benzene rings is 4. The molecule has 0 saturated heterocycles. The number of anilines is 1. The third-order valence-electron chi connectivity index (χ3n) is 7.39. The van der Waals surface area contributed by atoms with Crippen molar-refractivity contribution < 1.29 is 22.7 Å². The van der Waals surface area contributed by atoms with E-state index in [1.165, 1.54) is 9.21 Å². The Morgan fingerprint density at radius 1 is 0.860 bits per heavy atom.